The summed E-state index contributed by atoms with van der Waals surface area (Å²) < 4.78 is 5.79. The minimum absolute atomic E-state index is 0.369. The second-order valence-electron chi connectivity index (χ2n) is 4.37. The van der Waals surface area contributed by atoms with Crippen molar-refractivity contribution < 1.29 is 4.74 Å². The average Bonchev–Trinajstić information content (AvgIpc) is 1.81. The molecule has 0 radical (unpaired) electrons. The summed E-state index contributed by atoms with van der Waals surface area (Å²) in [5.41, 5.74) is 0. The fourth-order valence-electron chi connectivity index (χ4n) is 2.04. The summed E-state index contributed by atoms with van der Waals surface area (Å²) in [6.45, 7) is 8.84. The SMILES string of the molecule is CC(C)O[C@H]1C[C@@H](C)CN(C)C1. The monoisotopic (exact) mass is 171 g/mol. The normalized spacial score (nSPS) is 32.8. The molecule has 0 aromatic carbocycles. The van der Waals surface area contributed by atoms with Gasteiger partial charge in [-0.25, -0.2) is 0 Å². The van der Waals surface area contributed by atoms with Crippen LogP contribution in [0, 0.1) is 5.92 Å². The van der Waals surface area contributed by atoms with Gasteiger partial charge in [-0.15, -0.1) is 0 Å². The second-order valence-corrected chi connectivity index (χ2v) is 4.37. The van der Waals surface area contributed by atoms with E-state index in [0.717, 1.165) is 12.5 Å². The molecule has 1 rings (SSSR count). The van der Waals surface area contributed by atoms with E-state index in [1.807, 2.05) is 0 Å². The van der Waals surface area contributed by atoms with E-state index in [0.29, 0.717) is 12.2 Å². The van der Waals surface area contributed by atoms with Crippen molar-refractivity contribution in [2.24, 2.45) is 5.92 Å². The minimum atomic E-state index is 0.369. The highest BCUT2D eigenvalue weighted by Crippen LogP contribution is 2.18. The lowest BCUT2D eigenvalue weighted by atomic mass is 9.98. The maximum absolute atomic E-state index is 5.79. The molecule has 2 heteroatoms. The molecular weight excluding hydrogens is 150 g/mol. The summed E-state index contributed by atoms with van der Waals surface area (Å²) in [6, 6.07) is 0. The number of likely N-dealkylation sites (tertiary alicyclic amines) is 1. The summed E-state index contributed by atoms with van der Waals surface area (Å²) in [5.74, 6) is 0.785. The van der Waals surface area contributed by atoms with Gasteiger partial charge in [-0.05, 0) is 33.2 Å². The molecule has 0 N–H and O–H groups in total. The van der Waals surface area contributed by atoms with Gasteiger partial charge in [0.15, 0.2) is 0 Å². The summed E-state index contributed by atoms with van der Waals surface area (Å²) >= 11 is 0. The molecular formula is C10H21NO. The first kappa shape index (κ1) is 10.0. The van der Waals surface area contributed by atoms with Crippen molar-refractivity contribution >= 4 is 0 Å². The van der Waals surface area contributed by atoms with Crippen LogP contribution in [0.1, 0.15) is 27.2 Å². The molecule has 2 atom stereocenters. The molecule has 1 fully saturated rings. The van der Waals surface area contributed by atoms with Gasteiger partial charge in [0.25, 0.3) is 0 Å². The van der Waals surface area contributed by atoms with E-state index in [2.05, 4.69) is 32.7 Å². The average molecular weight is 171 g/mol. The number of nitrogens with zero attached hydrogens (tertiary/aromatic N) is 1. The van der Waals surface area contributed by atoms with Crippen molar-refractivity contribution in [3.05, 3.63) is 0 Å². The highest BCUT2D eigenvalue weighted by molar-refractivity contribution is 4.75. The van der Waals surface area contributed by atoms with Crippen LogP contribution in [0.15, 0.2) is 0 Å². The maximum Gasteiger partial charge on any atom is 0.0708 e. The van der Waals surface area contributed by atoms with Crippen LogP contribution >= 0.6 is 0 Å². The number of rotatable bonds is 2. The van der Waals surface area contributed by atoms with Gasteiger partial charge < -0.3 is 9.64 Å². The standard InChI is InChI=1S/C10H21NO/c1-8(2)12-10-5-9(3)6-11(4)7-10/h8-10H,5-7H2,1-4H3/t9-,10+/m1/s1. The third kappa shape index (κ3) is 3.11. The molecule has 0 bridgehead atoms. The molecule has 0 amide bonds. The molecule has 2 nitrogen and oxygen atoms in total. The molecule has 0 aromatic heterocycles. The topological polar surface area (TPSA) is 12.5 Å². The molecule has 12 heavy (non-hydrogen) atoms. The second kappa shape index (κ2) is 4.24. The largest absolute Gasteiger partial charge is 0.374 e. The lowest BCUT2D eigenvalue weighted by molar-refractivity contribution is -0.0405. The minimum Gasteiger partial charge on any atom is -0.374 e. The predicted molar refractivity (Wildman–Crippen MR) is 51.3 cm³/mol. The first-order chi connectivity index (χ1) is 5.58. The van der Waals surface area contributed by atoms with E-state index >= 15 is 0 Å². The number of piperidine rings is 1. The molecule has 0 aliphatic carbocycles. The van der Waals surface area contributed by atoms with Gasteiger partial charge in [-0.3, -0.25) is 0 Å². The molecule has 1 aliphatic heterocycles. The Kier molecular flexibility index (Phi) is 3.53. The van der Waals surface area contributed by atoms with Crippen molar-refractivity contribution in [1.82, 2.24) is 4.90 Å². The van der Waals surface area contributed by atoms with Gasteiger partial charge in [-0.2, -0.15) is 0 Å². The lowest BCUT2D eigenvalue weighted by Crippen LogP contribution is -2.42. The Balaban J connectivity index is 2.34. The van der Waals surface area contributed by atoms with Gasteiger partial charge in [0, 0.05) is 13.1 Å². The van der Waals surface area contributed by atoms with Crippen molar-refractivity contribution in [2.45, 2.75) is 39.4 Å². The molecule has 0 unspecified atom stereocenters. The fourth-order valence-corrected chi connectivity index (χ4v) is 2.04. The van der Waals surface area contributed by atoms with Crippen molar-refractivity contribution in [3.63, 3.8) is 0 Å². The summed E-state index contributed by atoms with van der Waals surface area (Å²) in [5, 5.41) is 0. The quantitative estimate of drug-likeness (QED) is 0.627. The Morgan fingerprint density at radius 1 is 1.33 bits per heavy atom. The van der Waals surface area contributed by atoms with Crippen molar-refractivity contribution in [1.29, 1.82) is 0 Å². The van der Waals surface area contributed by atoms with Crippen LogP contribution in [0.5, 0.6) is 0 Å². The third-order valence-electron chi connectivity index (χ3n) is 2.27. The molecule has 1 saturated heterocycles. The van der Waals surface area contributed by atoms with Gasteiger partial charge >= 0.3 is 0 Å². The van der Waals surface area contributed by atoms with Crippen LogP contribution in [-0.2, 0) is 4.74 Å². The van der Waals surface area contributed by atoms with Gasteiger partial charge in [0.1, 0.15) is 0 Å². The first-order valence-corrected chi connectivity index (χ1v) is 4.92. The van der Waals surface area contributed by atoms with E-state index in [4.69, 9.17) is 4.74 Å². The van der Waals surface area contributed by atoms with Gasteiger partial charge in [0.05, 0.1) is 12.2 Å². The zero-order chi connectivity index (χ0) is 9.14. The number of hydrogen-bond acceptors (Lipinski definition) is 2. The van der Waals surface area contributed by atoms with Crippen LogP contribution in [-0.4, -0.2) is 37.2 Å². The van der Waals surface area contributed by atoms with Gasteiger partial charge in [0.2, 0.25) is 0 Å². The highest BCUT2D eigenvalue weighted by atomic mass is 16.5. The first-order valence-electron chi connectivity index (χ1n) is 4.92. The molecule has 0 spiro atoms. The van der Waals surface area contributed by atoms with E-state index in [1.165, 1.54) is 13.0 Å². The van der Waals surface area contributed by atoms with Crippen LogP contribution in [0.4, 0.5) is 0 Å². The zero-order valence-corrected chi connectivity index (χ0v) is 8.71. The van der Waals surface area contributed by atoms with Crippen LogP contribution < -0.4 is 0 Å². The van der Waals surface area contributed by atoms with Crippen LogP contribution in [0.25, 0.3) is 0 Å². The Bertz CT molecular complexity index is 123. The predicted octanol–water partition coefficient (Wildman–Crippen LogP) is 1.75. The smallest absolute Gasteiger partial charge is 0.0708 e. The summed E-state index contributed by atoms with van der Waals surface area (Å²) in [4.78, 5) is 2.36. The number of likely N-dealkylation sites (N-methyl/N-ethyl adjacent to an activating group) is 1. The van der Waals surface area contributed by atoms with Crippen LogP contribution in [0.2, 0.25) is 0 Å². The zero-order valence-electron chi connectivity index (χ0n) is 8.71. The maximum atomic E-state index is 5.79. The Labute approximate surface area is 75.9 Å². The molecule has 1 aliphatic rings. The van der Waals surface area contributed by atoms with Crippen molar-refractivity contribution in [3.8, 4) is 0 Å². The molecule has 0 aromatic rings. The van der Waals surface area contributed by atoms with E-state index in [-0.39, 0.29) is 0 Å². The number of ether oxygens (including phenoxy) is 1. The fraction of sp³-hybridized carbons (Fsp3) is 1.00. The number of hydrogen-bond donors (Lipinski definition) is 0. The Morgan fingerprint density at radius 3 is 2.50 bits per heavy atom. The summed E-state index contributed by atoms with van der Waals surface area (Å²) in [7, 11) is 2.17. The Morgan fingerprint density at radius 2 is 2.00 bits per heavy atom. The molecule has 0 saturated carbocycles. The molecule has 72 valence electrons. The Hall–Kier alpha value is -0.0800. The van der Waals surface area contributed by atoms with E-state index in [1.54, 1.807) is 0 Å². The van der Waals surface area contributed by atoms with Crippen molar-refractivity contribution in [2.75, 3.05) is 20.1 Å². The third-order valence-corrected chi connectivity index (χ3v) is 2.27. The van der Waals surface area contributed by atoms with Gasteiger partial charge in [-0.1, -0.05) is 6.92 Å². The van der Waals surface area contributed by atoms with E-state index in [9.17, 15) is 0 Å². The highest BCUT2D eigenvalue weighted by Gasteiger charge is 2.23. The lowest BCUT2D eigenvalue weighted by Gasteiger charge is -2.34. The van der Waals surface area contributed by atoms with Crippen LogP contribution in [0.3, 0.4) is 0 Å². The summed E-state index contributed by atoms with van der Waals surface area (Å²) in [6.07, 6.45) is 2.05. The molecule has 1 heterocycles. The van der Waals surface area contributed by atoms with E-state index < -0.39 is 0 Å².